The maximum Gasteiger partial charge on any atom is 0.222 e. The Balaban J connectivity index is 1.40. The first-order chi connectivity index (χ1) is 16.5. The Morgan fingerprint density at radius 2 is 2.12 bits per heavy atom. The van der Waals surface area contributed by atoms with Gasteiger partial charge in [0, 0.05) is 49.8 Å². The van der Waals surface area contributed by atoms with Gasteiger partial charge in [0.2, 0.25) is 5.91 Å². The molecule has 6 atom stereocenters. The van der Waals surface area contributed by atoms with Crippen LogP contribution in [0.2, 0.25) is 0 Å². The molecule has 6 heteroatoms. The number of nitrogens with zero attached hydrogens (tertiary/aromatic N) is 1. The fraction of sp³-hybridized carbons (Fsp3) is 0.607. The zero-order valence-electron chi connectivity index (χ0n) is 20.3. The highest BCUT2D eigenvalue weighted by molar-refractivity contribution is 5.76. The van der Waals surface area contributed by atoms with E-state index in [0.29, 0.717) is 45.6 Å². The highest BCUT2D eigenvalue weighted by Crippen LogP contribution is 2.52. The van der Waals surface area contributed by atoms with E-state index >= 15 is 0 Å². The van der Waals surface area contributed by atoms with Gasteiger partial charge in [-0.3, -0.25) is 4.79 Å². The number of carbonyl (C=O) groups excluding carboxylic acids is 1. The van der Waals surface area contributed by atoms with Crippen LogP contribution < -0.4 is 4.74 Å². The van der Waals surface area contributed by atoms with Crippen LogP contribution in [0.3, 0.4) is 0 Å². The molecule has 1 aromatic carbocycles. The lowest BCUT2D eigenvalue weighted by atomic mass is 9.86. The standard InChI is InChI=1S/C28H37NO5/c1-3-4-7-19(2)23(30)13-12-21-24(31)18-25-27(21)22-10-5-8-20(28(22)34-25)9-6-11-26(32)29-14-16-33-17-15-29/h5,8,10,12-13,19,21,23-25,27,30-31H,6-7,9,11,14-18H2,1-2H3/t19-,21+,23-,24-,25+,27+/m1/s1. The topological polar surface area (TPSA) is 79.2 Å². The molecule has 1 saturated carbocycles. The monoisotopic (exact) mass is 467 g/mol. The molecule has 6 nitrogen and oxygen atoms in total. The third-order valence-electron chi connectivity index (χ3n) is 7.40. The smallest absolute Gasteiger partial charge is 0.222 e. The van der Waals surface area contributed by atoms with Gasteiger partial charge in [0.05, 0.1) is 25.4 Å². The summed E-state index contributed by atoms with van der Waals surface area (Å²) in [5, 5.41) is 21.2. The second-order valence-electron chi connectivity index (χ2n) is 9.73. The predicted molar refractivity (Wildman–Crippen MR) is 130 cm³/mol. The van der Waals surface area contributed by atoms with Crippen molar-refractivity contribution in [3.8, 4) is 17.6 Å². The van der Waals surface area contributed by atoms with Crippen molar-refractivity contribution in [2.75, 3.05) is 26.3 Å². The number of fused-ring (bicyclic) bond motifs is 3. The van der Waals surface area contributed by atoms with E-state index in [-0.39, 0.29) is 29.8 Å². The Hall–Kier alpha value is -2.33. The fourth-order valence-electron chi connectivity index (χ4n) is 5.38. The van der Waals surface area contributed by atoms with Crippen molar-refractivity contribution in [3.05, 3.63) is 41.5 Å². The molecule has 2 aliphatic heterocycles. The highest BCUT2D eigenvalue weighted by atomic mass is 16.5. The molecule has 0 spiro atoms. The van der Waals surface area contributed by atoms with Crippen LogP contribution >= 0.6 is 0 Å². The number of hydrogen-bond acceptors (Lipinski definition) is 5. The normalized spacial score (nSPS) is 27.5. The molecule has 2 fully saturated rings. The number of rotatable bonds is 8. The van der Waals surface area contributed by atoms with Crippen molar-refractivity contribution in [3.63, 3.8) is 0 Å². The third-order valence-corrected chi connectivity index (χ3v) is 7.40. The molecule has 0 bridgehead atoms. The van der Waals surface area contributed by atoms with Gasteiger partial charge in [0.25, 0.3) is 0 Å². The van der Waals surface area contributed by atoms with Crippen molar-refractivity contribution < 1.29 is 24.5 Å². The molecule has 0 unspecified atom stereocenters. The lowest BCUT2D eigenvalue weighted by Gasteiger charge is -2.26. The van der Waals surface area contributed by atoms with Crippen LogP contribution in [0.5, 0.6) is 5.75 Å². The van der Waals surface area contributed by atoms with E-state index < -0.39 is 12.2 Å². The van der Waals surface area contributed by atoms with Crippen LogP contribution in [0.15, 0.2) is 30.4 Å². The minimum absolute atomic E-state index is 0.0388. The molecule has 1 amide bonds. The van der Waals surface area contributed by atoms with E-state index in [1.54, 1.807) is 6.92 Å². The lowest BCUT2D eigenvalue weighted by Crippen LogP contribution is -2.40. The first-order valence-electron chi connectivity index (χ1n) is 12.6. The van der Waals surface area contributed by atoms with Crippen LogP contribution in [0.1, 0.15) is 56.6 Å². The van der Waals surface area contributed by atoms with Crippen LogP contribution in [0.25, 0.3) is 0 Å². The first-order valence-corrected chi connectivity index (χ1v) is 12.6. The maximum absolute atomic E-state index is 12.5. The van der Waals surface area contributed by atoms with Crippen LogP contribution in [0.4, 0.5) is 0 Å². The molecule has 2 heterocycles. The third kappa shape index (κ3) is 5.49. The molecule has 0 aromatic heterocycles. The van der Waals surface area contributed by atoms with Gasteiger partial charge in [-0.05, 0) is 31.2 Å². The minimum atomic E-state index is -0.593. The number of aryl methyl sites for hydroxylation is 1. The van der Waals surface area contributed by atoms with E-state index in [2.05, 4.69) is 30.0 Å². The van der Waals surface area contributed by atoms with Crippen LogP contribution in [-0.4, -0.2) is 65.6 Å². The van der Waals surface area contributed by atoms with Crippen molar-refractivity contribution in [1.82, 2.24) is 4.90 Å². The van der Waals surface area contributed by atoms with Crippen molar-refractivity contribution in [1.29, 1.82) is 0 Å². The lowest BCUT2D eigenvalue weighted by molar-refractivity contribution is -0.135. The van der Waals surface area contributed by atoms with Gasteiger partial charge in [0.1, 0.15) is 11.9 Å². The van der Waals surface area contributed by atoms with Crippen molar-refractivity contribution in [2.45, 2.75) is 70.2 Å². The number of morpholine rings is 1. The number of ether oxygens (including phenoxy) is 2. The van der Waals surface area contributed by atoms with E-state index in [1.165, 1.54) is 0 Å². The average molecular weight is 468 g/mol. The average Bonchev–Trinajstić information content (AvgIpc) is 3.36. The van der Waals surface area contributed by atoms with Gasteiger partial charge in [0.15, 0.2) is 0 Å². The molecule has 1 saturated heterocycles. The van der Waals surface area contributed by atoms with E-state index in [9.17, 15) is 15.0 Å². The second-order valence-corrected chi connectivity index (χ2v) is 9.73. The molecule has 1 aliphatic carbocycles. The summed E-state index contributed by atoms with van der Waals surface area (Å²) >= 11 is 0. The number of hydrogen-bond donors (Lipinski definition) is 2. The first kappa shape index (κ1) is 24.8. The molecule has 4 rings (SSSR count). The summed E-state index contributed by atoms with van der Waals surface area (Å²) in [6.07, 6.45) is 5.96. The molecule has 1 aromatic rings. The van der Waals surface area contributed by atoms with Crippen molar-refractivity contribution >= 4 is 5.91 Å². The number of benzene rings is 1. The number of aliphatic hydroxyl groups excluding tert-OH is 2. The van der Waals surface area contributed by atoms with Gasteiger partial charge in [-0.15, -0.1) is 11.8 Å². The number of carbonyl (C=O) groups is 1. The number of amides is 1. The Kier molecular flexibility index (Phi) is 8.31. The number of para-hydroxylation sites is 1. The molecular formula is C28H37NO5. The summed E-state index contributed by atoms with van der Waals surface area (Å²) < 4.78 is 11.7. The van der Waals surface area contributed by atoms with Gasteiger partial charge >= 0.3 is 0 Å². The summed E-state index contributed by atoms with van der Waals surface area (Å²) in [4.78, 5) is 14.4. The quantitative estimate of drug-likeness (QED) is 0.454. The maximum atomic E-state index is 12.5. The molecular weight excluding hydrogens is 430 g/mol. The van der Waals surface area contributed by atoms with Gasteiger partial charge in [-0.1, -0.05) is 37.3 Å². The van der Waals surface area contributed by atoms with Crippen LogP contribution in [-0.2, 0) is 16.0 Å². The largest absolute Gasteiger partial charge is 0.489 e. The zero-order chi connectivity index (χ0) is 24.1. The number of aliphatic hydroxyl groups is 2. The predicted octanol–water partition coefficient (Wildman–Crippen LogP) is 3.06. The Morgan fingerprint density at radius 3 is 2.88 bits per heavy atom. The minimum Gasteiger partial charge on any atom is -0.489 e. The molecule has 2 N–H and O–H groups in total. The SMILES string of the molecule is CC#CC[C@@H](C)[C@H](O)C=C[C@@H]1[C@H]2c3cccc(CCCC(=O)N4CCOCC4)c3O[C@H]2C[C@H]1O. The van der Waals surface area contributed by atoms with E-state index in [1.807, 2.05) is 24.0 Å². The summed E-state index contributed by atoms with van der Waals surface area (Å²) in [5.41, 5.74) is 2.26. The fourth-order valence-corrected chi connectivity index (χ4v) is 5.38. The van der Waals surface area contributed by atoms with Gasteiger partial charge < -0.3 is 24.6 Å². The highest BCUT2D eigenvalue weighted by Gasteiger charge is 2.48. The second kappa shape index (κ2) is 11.4. The van der Waals surface area contributed by atoms with Gasteiger partial charge in [-0.25, -0.2) is 0 Å². The van der Waals surface area contributed by atoms with Gasteiger partial charge in [-0.2, -0.15) is 0 Å². The van der Waals surface area contributed by atoms with E-state index in [0.717, 1.165) is 29.7 Å². The Labute approximate surface area is 202 Å². The molecule has 3 aliphatic rings. The molecule has 34 heavy (non-hydrogen) atoms. The molecule has 0 radical (unpaired) electrons. The van der Waals surface area contributed by atoms with Crippen molar-refractivity contribution in [2.24, 2.45) is 11.8 Å². The Bertz CT molecular complexity index is 942. The zero-order valence-corrected chi connectivity index (χ0v) is 20.3. The van der Waals surface area contributed by atoms with E-state index in [4.69, 9.17) is 9.47 Å². The Morgan fingerprint density at radius 1 is 1.32 bits per heavy atom. The summed E-state index contributed by atoms with van der Waals surface area (Å²) in [6, 6.07) is 6.23. The van der Waals surface area contributed by atoms with Crippen LogP contribution in [0, 0.1) is 23.7 Å². The summed E-state index contributed by atoms with van der Waals surface area (Å²) in [7, 11) is 0. The molecule has 184 valence electrons. The summed E-state index contributed by atoms with van der Waals surface area (Å²) in [5.74, 6) is 7.04. The summed E-state index contributed by atoms with van der Waals surface area (Å²) in [6.45, 7) is 6.40.